The summed E-state index contributed by atoms with van der Waals surface area (Å²) < 4.78 is 1.79. The van der Waals surface area contributed by atoms with E-state index in [4.69, 9.17) is 16.7 Å². The van der Waals surface area contributed by atoms with E-state index in [0.717, 1.165) is 5.56 Å². The normalized spacial score (nSPS) is 10.5. The predicted molar refractivity (Wildman–Crippen MR) is 56.5 cm³/mol. The lowest BCUT2D eigenvalue weighted by molar-refractivity contribution is 0.265. The van der Waals surface area contributed by atoms with E-state index in [0.29, 0.717) is 17.4 Å². The standard InChI is InChI=1S/C10H10ClN3O/c11-9-3-1-8(2-4-9)5-14-7-12-13-10(14)6-15/h1-4,7,15H,5-6H2. The molecule has 5 heteroatoms. The molecule has 0 fully saturated rings. The predicted octanol–water partition coefficient (Wildman–Crippen LogP) is 1.47. The third-order valence-electron chi connectivity index (χ3n) is 2.10. The zero-order valence-corrected chi connectivity index (χ0v) is 8.72. The number of halogens is 1. The van der Waals surface area contributed by atoms with E-state index >= 15 is 0 Å². The molecule has 0 saturated carbocycles. The molecule has 0 bridgehead atoms. The average molecular weight is 224 g/mol. The minimum atomic E-state index is -0.104. The molecule has 0 radical (unpaired) electrons. The van der Waals surface area contributed by atoms with Gasteiger partial charge in [-0.05, 0) is 17.7 Å². The Bertz CT molecular complexity index is 438. The second-order valence-corrected chi connectivity index (χ2v) is 3.60. The quantitative estimate of drug-likeness (QED) is 0.858. The van der Waals surface area contributed by atoms with Crippen molar-refractivity contribution in [2.45, 2.75) is 13.2 Å². The molecule has 1 heterocycles. The first-order chi connectivity index (χ1) is 7.29. The maximum absolute atomic E-state index is 8.99. The van der Waals surface area contributed by atoms with E-state index in [1.807, 2.05) is 24.3 Å². The van der Waals surface area contributed by atoms with E-state index in [2.05, 4.69) is 10.2 Å². The molecule has 1 aromatic heterocycles. The molecule has 15 heavy (non-hydrogen) atoms. The number of hydrogen-bond donors (Lipinski definition) is 1. The van der Waals surface area contributed by atoms with Crippen LogP contribution in [0, 0.1) is 0 Å². The highest BCUT2D eigenvalue weighted by Crippen LogP contribution is 2.11. The van der Waals surface area contributed by atoms with Crippen LogP contribution in [-0.2, 0) is 13.2 Å². The summed E-state index contributed by atoms with van der Waals surface area (Å²) in [6.07, 6.45) is 1.60. The van der Waals surface area contributed by atoms with Crippen molar-refractivity contribution in [2.24, 2.45) is 0 Å². The lowest BCUT2D eigenvalue weighted by atomic mass is 10.2. The van der Waals surface area contributed by atoms with Gasteiger partial charge in [0.1, 0.15) is 12.9 Å². The molecule has 0 amide bonds. The summed E-state index contributed by atoms with van der Waals surface area (Å²) in [4.78, 5) is 0. The van der Waals surface area contributed by atoms with Crippen molar-refractivity contribution in [3.63, 3.8) is 0 Å². The van der Waals surface area contributed by atoms with Crippen molar-refractivity contribution in [1.82, 2.24) is 14.8 Å². The van der Waals surface area contributed by atoms with Crippen LogP contribution >= 0.6 is 11.6 Å². The molecule has 0 aliphatic rings. The molecule has 0 atom stereocenters. The molecule has 2 rings (SSSR count). The zero-order valence-electron chi connectivity index (χ0n) is 7.97. The Kier molecular flexibility index (Phi) is 2.99. The van der Waals surface area contributed by atoms with Gasteiger partial charge in [-0.1, -0.05) is 23.7 Å². The Morgan fingerprint density at radius 1 is 1.27 bits per heavy atom. The van der Waals surface area contributed by atoms with Gasteiger partial charge in [0, 0.05) is 5.02 Å². The molecule has 4 nitrogen and oxygen atoms in total. The highest BCUT2D eigenvalue weighted by Gasteiger charge is 2.02. The number of nitrogens with zero attached hydrogens (tertiary/aromatic N) is 3. The monoisotopic (exact) mass is 223 g/mol. The third-order valence-corrected chi connectivity index (χ3v) is 2.36. The van der Waals surface area contributed by atoms with Crippen LogP contribution < -0.4 is 0 Å². The van der Waals surface area contributed by atoms with Gasteiger partial charge in [-0.25, -0.2) is 0 Å². The van der Waals surface area contributed by atoms with Crippen LogP contribution in [0.25, 0.3) is 0 Å². The van der Waals surface area contributed by atoms with Gasteiger partial charge in [0.05, 0.1) is 6.54 Å². The average Bonchev–Trinajstić information content (AvgIpc) is 2.69. The van der Waals surface area contributed by atoms with E-state index < -0.39 is 0 Å². The molecule has 0 aliphatic carbocycles. The third kappa shape index (κ3) is 2.34. The van der Waals surface area contributed by atoms with Crippen molar-refractivity contribution in [2.75, 3.05) is 0 Å². The summed E-state index contributed by atoms with van der Waals surface area (Å²) in [5.41, 5.74) is 1.09. The van der Waals surface area contributed by atoms with E-state index in [1.165, 1.54) is 0 Å². The maximum Gasteiger partial charge on any atom is 0.158 e. The smallest absolute Gasteiger partial charge is 0.158 e. The zero-order chi connectivity index (χ0) is 10.7. The molecule has 2 aromatic rings. The number of aliphatic hydroxyl groups is 1. The van der Waals surface area contributed by atoms with Crippen LogP contribution in [-0.4, -0.2) is 19.9 Å². The van der Waals surface area contributed by atoms with Crippen LogP contribution in [0.2, 0.25) is 5.02 Å². The van der Waals surface area contributed by atoms with Crippen molar-refractivity contribution < 1.29 is 5.11 Å². The Balaban J connectivity index is 2.18. The number of benzene rings is 1. The lowest BCUT2D eigenvalue weighted by Gasteiger charge is -2.04. The summed E-state index contributed by atoms with van der Waals surface area (Å²) in [5, 5.41) is 17.2. The highest BCUT2D eigenvalue weighted by molar-refractivity contribution is 6.30. The summed E-state index contributed by atoms with van der Waals surface area (Å²) in [5.74, 6) is 0.560. The number of aromatic nitrogens is 3. The first-order valence-electron chi connectivity index (χ1n) is 4.51. The number of rotatable bonds is 3. The van der Waals surface area contributed by atoms with Gasteiger partial charge >= 0.3 is 0 Å². The molecular weight excluding hydrogens is 214 g/mol. The highest BCUT2D eigenvalue weighted by atomic mass is 35.5. The largest absolute Gasteiger partial charge is 0.388 e. The van der Waals surface area contributed by atoms with Crippen molar-refractivity contribution >= 4 is 11.6 Å². The second kappa shape index (κ2) is 4.42. The first-order valence-corrected chi connectivity index (χ1v) is 4.89. The SMILES string of the molecule is OCc1nncn1Cc1ccc(Cl)cc1. The summed E-state index contributed by atoms with van der Waals surface area (Å²) in [7, 11) is 0. The van der Waals surface area contributed by atoms with Crippen LogP contribution in [0.1, 0.15) is 11.4 Å². The summed E-state index contributed by atoms with van der Waals surface area (Å²) >= 11 is 5.78. The van der Waals surface area contributed by atoms with Gasteiger partial charge in [-0.15, -0.1) is 10.2 Å². The molecule has 0 unspecified atom stereocenters. The van der Waals surface area contributed by atoms with E-state index in [-0.39, 0.29) is 6.61 Å². The fourth-order valence-corrected chi connectivity index (χ4v) is 1.45. The van der Waals surface area contributed by atoms with Crippen LogP contribution in [0.15, 0.2) is 30.6 Å². The van der Waals surface area contributed by atoms with Gasteiger partial charge in [-0.3, -0.25) is 0 Å². The molecule has 0 aliphatic heterocycles. The minimum absolute atomic E-state index is 0.104. The van der Waals surface area contributed by atoms with E-state index in [1.54, 1.807) is 10.9 Å². The van der Waals surface area contributed by atoms with Crippen LogP contribution in [0.5, 0.6) is 0 Å². The minimum Gasteiger partial charge on any atom is -0.388 e. The fourth-order valence-electron chi connectivity index (χ4n) is 1.32. The molecule has 1 aromatic carbocycles. The first kappa shape index (κ1) is 10.1. The van der Waals surface area contributed by atoms with Gasteiger partial charge in [0.15, 0.2) is 5.82 Å². The Hall–Kier alpha value is -1.39. The van der Waals surface area contributed by atoms with Gasteiger partial charge < -0.3 is 9.67 Å². The van der Waals surface area contributed by atoms with Gasteiger partial charge in [-0.2, -0.15) is 0 Å². The van der Waals surface area contributed by atoms with Gasteiger partial charge in [0.2, 0.25) is 0 Å². The molecule has 1 N–H and O–H groups in total. The van der Waals surface area contributed by atoms with Crippen molar-refractivity contribution in [3.05, 3.63) is 47.0 Å². The summed E-state index contributed by atoms with van der Waals surface area (Å²) in [6, 6.07) is 7.53. The Morgan fingerprint density at radius 3 is 2.67 bits per heavy atom. The number of hydrogen-bond acceptors (Lipinski definition) is 3. The molecule has 0 saturated heterocycles. The number of aliphatic hydroxyl groups excluding tert-OH is 1. The Morgan fingerprint density at radius 2 is 2.00 bits per heavy atom. The van der Waals surface area contributed by atoms with Crippen molar-refractivity contribution in [1.29, 1.82) is 0 Å². The second-order valence-electron chi connectivity index (χ2n) is 3.16. The molecular formula is C10H10ClN3O. The van der Waals surface area contributed by atoms with Gasteiger partial charge in [0.25, 0.3) is 0 Å². The summed E-state index contributed by atoms with van der Waals surface area (Å²) in [6.45, 7) is 0.535. The lowest BCUT2D eigenvalue weighted by Crippen LogP contribution is -2.03. The molecule has 0 spiro atoms. The van der Waals surface area contributed by atoms with E-state index in [9.17, 15) is 0 Å². The fraction of sp³-hybridized carbons (Fsp3) is 0.200. The van der Waals surface area contributed by atoms with Crippen LogP contribution in [0.3, 0.4) is 0 Å². The van der Waals surface area contributed by atoms with Crippen LogP contribution in [0.4, 0.5) is 0 Å². The maximum atomic E-state index is 8.99. The Labute approximate surface area is 92.1 Å². The van der Waals surface area contributed by atoms with Crippen molar-refractivity contribution in [3.8, 4) is 0 Å². The molecule has 78 valence electrons. The topological polar surface area (TPSA) is 50.9 Å².